The summed E-state index contributed by atoms with van der Waals surface area (Å²) in [5.74, 6) is 0.718. The number of aromatic nitrogens is 3. The number of aliphatic hydroxyl groups is 1. The van der Waals surface area contributed by atoms with Crippen molar-refractivity contribution in [3.63, 3.8) is 0 Å². The predicted octanol–water partition coefficient (Wildman–Crippen LogP) is 4.61. The summed E-state index contributed by atoms with van der Waals surface area (Å²) < 4.78 is 63.3. The molecule has 3 aliphatic rings. The van der Waals surface area contributed by atoms with E-state index in [1.54, 1.807) is 11.8 Å². The first-order valence-corrected chi connectivity index (χ1v) is 15.9. The van der Waals surface area contributed by atoms with E-state index in [0.717, 1.165) is 12.8 Å². The molecule has 4 aromatic rings. The van der Waals surface area contributed by atoms with Crippen LogP contribution in [0, 0.1) is 29.4 Å². The van der Waals surface area contributed by atoms with Crippen LogP contribution >= 0.6 is 0 Å². The van der Waals surface area contributed by atoms with E-state index in [4.69, 9.17) is 25.6 Å². The lowest BCUT2D eigenvalue weighted by Gasteiger charge is -2.29. The minimum atomic E-state index is -1.26. The van der Waals surface area contributed by atoms with Gasteiger partial charge in [-0.2, -0.15) is 9.97 Å². The van der Waals surface area contributed by atoms with E-state index in [0.29, 0.717) is 38.0 Å². The van der Waals surface area contributed by atoms with Crippen LogP contribution in [0.1, 0.15) is 31.7 Å². The summed E-state index contributed by atoms with van der Waals surface area (Å²) >= 11 is 0. The van der Waals surface area contributed by atoms with Crippen molar-refractivity contribution in [2.24, 2.45) is 5.41 Å². The number of nitrogens with zero attached hydrogens (tertiary/aromatic N) is 5. The summed E-state index contributed by atoms with van der Waals surface area (Å²) in [4.78, 5) is 17.6. The number of phenolic OH excluding ortho intramolecular Hbond substituents is 1. The molecule has 3 fully saturated rings. The van der Waals surface area contributed by atoms with Gasteiger partial charge in [-0.05, 0) is 49.8 Å². The van der Waals surface area contributed by atoms with Gasteiger partial charge >= 0.3 is 6.01 Å². The van der Waals surface area contributed by atoms with Crippen molar-refractivity contribution in [1.29, 1.82) is 0 Å². The Balaban J connectivity index is 1.39. The largest absolute Gasteiger partial charge is 0.508 e. The summed E-state index contributed by atoms with van der Waals surface area (Å²) in [6.45, 7) is 4.37. The Morgan fingerprint density at radius 2 is 1.96 bits per heavy atom. The lowest BCUT2D eigenvalue weighted by Crippen LogP contribution is -2.42. The van der Waals surface area contributed by atoms with Gasteiger partial charge in [-0.3, -0.25) is 4.90 Å². The number of pyridine rings is 1. The number of alkyl halides is 1. The molecule has 0 amide bonds. The Labute approximate surface area is 275 Å². The van der Waals surface area contributed by atoms with E-state index in [9.17, 15) is 19.0 Å². The highest BCUT2D eigenvalue weighted by molar-refractivity contribution is 6.04. The lowest BCUT2D eigenvalue weighted by molar-refractivity contribution is -0.0123. The zero-order valence-electron chi connectivity index (χ0n) is 26.7. The normalized spacial score (nSPS) is 22.5. The van der Waals surface area contributed by atoms with Gasteiger partial charge in [0.1, 0.15) is 45.8 Å². The second kappa shape index (κ2) is 12.3. The number of terminal acetylenes is 1. The zero-order chi connectivity index (χ0) is 33.8. The van der Waals surface area contributed by atoms with Crippen LogP contribution in [-0.4, -0.2) is 101 Å². The Bertz CT molecular complexity index is 1950. The Hall–Kier alpha value is -4.38. The van der Waals surface area contributed by atoms with Crippen molar-refractivity contribution in [3.05, 3.63) is 41.5 Å². The predicted molar refractivity (Wildman–Crippen MR) is 173 cm³/mol. The number of phenols is 1. The molecule has 2 saturated heterocycles. The highest BCUT2D eigenvalue weighted by Gasteiger charge is 2.46. The zero-order valence-corrected chi connectivity index (χ0v) is 26.7. The molecule has 2 aliphatic heterocycles. The van der Waals surface area contributed by atoms with Crippen molar-refractivity contribution < 1.29 is 37.6 Å². The van der Waals surface area contributed by atoms with Crippen LogP contribution in [-0.2, 0) is 4.74 Å². The quantitative estimate of drug-likeness (QED) is 0.259. The number of fused-ring (bicyclic) bond motifs is 2. The SMILES string of the molecule is C#Cc1c(F)ccc2cc(O)cc(-c3nc(OC)c4c(N5CCOCC(C)(O)C5)nc(OCC5(CN6CCC(F)C6)CC5)nc4c3F)c12. The summed E-state index contributed by atoms with van der Waals surface area (Å²) in [7, 11) is 1.36. The fraction of sp³-hybridized carbons (Fsp3) is 0.457. The van der Waals surface area contributed by atoms with Crippen molar-refractivity contribution in [2.75, 3.05) is 64.6 Å². The van der Waals surface area contributed by atoms with Gasteiger partial charge in [0.25, 0.3) is 0 Å². The topological polar surface area (TPSA) is 113 Å². The van der Waals surface area contributed by atoms with Crippen LogP contribution in [0.2, 0.25) is 0 Å². The molecule has 2 N–H and O–H groups in total. The van der Waals surface area contributed by atoms with E-state index in [-0.39, 0.29) is 88.3 Å². The van der Waals surface area contributed by atoms with Gasteiger partial charge in [-0.15, -0.1) is 6.42 Å². The third kappa shape index (κ3) is 6.04. The molecular weight excluding hydrogens is 627 g/mol. The smallest absolute Gasteiger partial charge is 0.319 e. The monoisotopic (exact) mass is 663 g/mol. The molecule has 2 aromatic heterocycles. The first kappa shape index (κ1) is 32.2. The van der Waals surface area contributed by atoms with Crippen LogP contribution in [0.15, 0.2) is 24.3 Å². The third-order valence-corrected chi connectivity index (χ3v) is 9.34. The molecule has 1 saturated carbocycles. The number of benzene rings is 2. The number of rotatable bonds is 8. The first-order valence-electron chi connectivity index (χ1n) is 15.9. The number of methoxy groups -OCH3 is 1. The van der Waals surface area contributed by atoms with Crippen molar-refractivity contribution in [1.82, 2.24) is 19.9 Å². The standard InChI is InChI=1S/C35H36F3N5O5/c1-4-23-25(37)6-5-20-13-22(44)14-24(26(20)23)29-28(38)30-27(32(39-29)46-3)31(43-11-12-47-18-34(2,45)16-43)41-33(40-30)48-19-35(8-9-35)17-42-10-7-21(36)15-42/h1,5-6,13-14,21,44-45H,7-12,15-19H2,2-3H3. The Morgan fingerprint density at radius 3 is 2.67 bits per heavy atom. The number of halogens is 3. The number of β-amino-alcohol motifs (C(OH)–C–C–N with tert-alkyl or cyclic N) is 1. The molecule has 2 unspecified atom stereocenters. The lowest BCUT2D eigenvalue weighted by atomic mass is 9.95. The molecule has 7 rings (SSSR count). The molecule has 2 aromatic carbocycles. The molecule has 13 heteroatoms. The Morgan fingerprint density at radius 1 is 1.15 bits per heavy atom. The molecule has 0 radical (unpaired) electrons. The van der Waals surface area contributed by atoms with Gasteiger partial charge in [0.2, 0.25) is 5.88 Å². The van der Waals surface area contributed by atoms with Gasteiger partial charge in [0.15, 0.2) is 5.82 Å². The Kier molecular flexibility index (Phi) is 8.22. The first-order chi connectivity index (χ1) is 23.0. The number of aromatic hydroxyl groups is 1. The van der Waals surface area contributed by atoms with Crippen LogP contribution in [0.4, 0.5) is 19.0 Å². The van der Waals surface area contributed by atoms with Crippen LogP contribution in [0.25, 0.3) is 32.9 Å². The van der Waals surface area contributed by atoms with Crippen molar-refractivity contribution >= 4 is 27.5 Å². The summed E-state index contributed by atoms with van der Waals surface area (Å²) in [6.07, 6.45) is 7.15. The number of hydrogen-bond acceptors (Lipinski definition) is 10. The van der Waals surface area contributed by atoms with E-state index >= 15 is 4.39 Å². The van der Waals surface area contributed by atoms with Crippen LogP contribution < -0.4 is 14.4 Å². The van der Waals surface area contributed by atoms with E-state index in [2.05, 4.69) is 20.8 Å². The molecule has 0 bridgehead atoms. The van der Waals surface area contributed by atoms with Crippen LogP contribution in [0.3, 0.4) is 0 Å². The highest BCUT2D eigenvalue weighted by atomic mass is 19.1. The number of hydrogen-bond donors (Lipinski definition) is 2. The highest BCUT2D eigenvalue weighted by Crippen LogP contribution is 2.47. The van der Waals surface area contributed by atoms with Gasteiger partial charge < -0.3 is 29.3 Å². The van der Waals surface area contributed by atoms with Crippen molar-refractivity contribution in [3.8, 4) is 41.2 Å². The summed E-state index contributed by atoms with van der Waals surface area (Å²) in [5.41, 5.74) is -2.00. The van der Waals surface area contributed by atoms with E-state index < -0.39 is 23.4 Å². The maximum atomic E-state index is 17.0. The molecule has 2 atom stereocenters. The molecule has 48 heavy (non-hydrogen) atoms. The average molecular weight is 664 g/mol. The van der Waals surface area contributed by atoms with E-state index in [1.807, 2.05) is 0 Å². The number of anilines is 1. The number of ether oxygens (including phenoxy) is 3. The molecule has 1 aliphatic carbocycles. The molecule has 10 nitrogen and oxygen atoms in total. The van der Waals surface area contributed by atoms with Crippen molar-refractivity contribution in [2.45, 2.75) is 38.0 Å². The molecule has 0 spiro atoms. The van der Waals surface area contributed by atoms with E-state index in [1.165, 1.54) is 31.4 Å². The van der Waals surface area contributed by atoms with Crippen LogP contribution in [0.5, 0.6) is 17.6 Å². The van der Waals surface area contributed by atoms with Gasteiger partial charge in [-0.1, -0.05) is 12.0 Å². The minimum absolute atomic E-state index is 0.0394. The van der Waals surface area contributed by atoms with Gasteiger partial charge in [0.05, 0.1) is 39.0 Å². The second-order valence-corrected chi connectivity index (χ2v) is 13.4. The second-order valence-electron chi connectivity index (χ2n) is 13.4. The molecule has 4 heterocycles. The minimum Gasteiger partial charge on any atom is -0.508 e. The maximum Gasteiger partial charge on any atom is 0.319 e. The van der Waals surface area contributed by atoms with Gasteiger partial charge in [0, 0.05) is 42.5 Å². The number of likely N-dealkylation sites (tertiary alicyclic amines) is 1. The maximum absolute atomic E-state index is 17.0. The third-order valence-electron chi connectivity index (χ3n) is 9.34. The summed E-state index contributed by atoms with van der Waals surface area (Å²) in [5, 5.41) is 22.3. The average Bonchev–Trinajstić information content (AvgIpc) is 3.75. The molecule has 252 valence electrons. The fourth-order valence-corrected chi connectivity index (χ4v) is 6.80. The molecular formula is C35H36F3N5O5. The van der Waals surface area contributed by atoms with Gasteiger partial charge in [-0.25, -0.2) is 18.2 Å². The fourth-order valence-electron chi connectivity index (χ4n) is 6.80. The summed E-state index contributed by atoms with van der Waals surface area (Å²) in [6, 6.07) is 5.18.